The summed E-state index contributed by atoms with van der Waals surface area (Å²) in [5.41, 5.74) is -10.8. The van der Waals surface area contributed by atoms with Crippen LogP contribution in [-0.4, -0.2) is 23.2 Å². The van der Waals surface area contributed by atoms with Crippen LogP contribution >= 0.6 is 0 Å². The van der Waals surface area contributed by atoms with Crippen molar-refractivity contribution in [3.63, 3.8) is 0 Å². The van der Waals surface area contributed by atoms with E-state index in [1.54, 1.807) is 0 Å². The van der Waals surface area contributed by atoms with Gasteiger partial charge in [0.15, 0.2) is 5.67 Å². The smallest absolute Gasteiger partial charge is 0.239 e. The Balaban J connectivity index is 3.74. The van der Waals surface area contributed by atoms with Crippen LogP contribution in [0, 0.1) is 10.8 Å². The van der Waals surface area contributed by atoms with E-state index in [0.717, 1.165) is 13.8 Å². The minimum Gasteiger partial charge on any atom is -0.239 e. The largest absolute Gasteiger partial charge is 0.347 e. The second-order valence-corrected chi connectivity index (χ2v) is 7.39. The summed E-state index contributed by atoms with van der Waals surface area (Å²) in [5, 5.41) is 0. The van der Waals surface area contributed by atoms with E-state index in [-0.39, 0.29) is 12.8 Å². The van der Waals surface area contributed by atoms with E-state index in [1.807, 2.05) is 0 Å². The van der Waals surface area contributed by atoms with E-state index in [2.05, 4.69) is 0 Å². The fraction of sp³-hybridized carbons (Fsp3) is 1.00. The molecular formula is C15H24F6. The van der Waals surface area contributed by atoms with Gasteiger partial charge in [-0.15, -0.1) is 0 Å². The lowest BCUT2D eigenvalue weighted by molar-refractivity contribution is -0.282. The third-order valence-corrected chi connectivity index (χ3v) is 5.68. The van der Waals surface area contributed by atoms with E-state index in [9.17, 15) is 17.6 Å². The average molecular weight is 318 g/mol. The van der Waals surface area contributed by atoms with Crippen molar-refractivity contribution in [1.29, 1.82) is 0 Å². The van der Waals surface area contributed by atoms with E-state index >= 15 is 8.78 Å². The summed E-state index contributed by atoms with van der Waals surface area (Å²) in [4.78, 5) is 0. The summed E-state index contributed by atoms with van der Waals surface area (Å²) < 4.78 is 87.1. The summed E-state index contributed by atoms with van der Waals surface area (Å²) in [6.07, 6.45) is -2.00. The van der Waals surface area contributed by atoms with Gasteiger partial charge < -0.3 is 0 Å². The summed E-state index contributed by atoms with van der Waals surface area (Å²) in [6.45, 7) is 7.50. The highest BCUT2D eigenvalue weighted by atomic mass is 19.3. The molecule has 0 aromatic heterocycles. The van der Waals surface area contributed by atoms with Gasteiger partial charge >= 0.3 is 11.8 Å². The van der Waals surface area contributed by atoms with Crippen LogP contribution in [0.5, 0.6) is 0 Å². The fourth-order valence-corrected chi connectivity index (χ4v) is 3.23. The zero-order valence-corrected chi connectivity index (χ0v) is 13.4. The summed E-state index contributed by atoms with van der Waals surface area (Å²) in [5.74, 6) is -9.77. The monoisotopic (exact) mass is 318 g/mol. The molecule has 6 heteroatoms. The molecule has 0 nitrogen and oxygen atoms in total. The molecule has 0 aromatic carbocycles. The Morgan fingerprint density at radius 2 is 1.14 bits per heavy atom. The topological polar surface area (TPSA) is 0 Å². The second-order valence-electron chi connectivity index (χ2n) is 7.39. The molecule has 0 amide bonds. The Morgan fingerprint density at radius 3 is 1.48 bits per heavy atom. The van der Waals surface area contributed by atoms with Crippen molar-refractivity contribution in [2.75, 3.05) is 0 Å². The number of hydrogen-bond acceptors (Lipinski definition) is 0. The Kier molecular flexibility index (Phi) is 4.03. The van der Waals surface area contributed by atoms with Crippen LogP contribution < -0.4 is 0 Å². The van der Waals surface area contributed by atoms with Crippen molar-refractivity contribution in [3.8, 4) is 0 Å². The molecule has 0 aromatic rings. The lowest BCUT2D eigenvalue weighted by Crippen LogP contribution is -2.67. The standard InChI is InChI=1S/C15H24F6/c1-7-10(3,4)12(16)9-13(17,18)15(20,21)14(12,19)11(5,6)8-2/h7-9H2,1-6H3. The Morgan fingerprint density at radius 1 is 0.762 bits per heavy atom. The maximum atomic E-state index is 15.5. The minimum atomic E-state index is -5.05. The van der Waals surface area contributed by atoms with Gasteiger partial charge in [0, 0.05) is 10.8 Å². The number of hydrogen-bond donors (Lipinski definition) is 0. The van der Waals surface area contributed by atoms with Gasteiger partial charge in [-0.2, -0.15) is 17.6 Å². The zero-order valence-electron chi connectivity index (χ0n) is 13.4. The molecule has 2 atom stereocenters. The third-order valence-electron chi connectivity index (χ3n) is 5.68. The fourth-order valence-electron chi connectivity index (χ4n) is 3.23. The number of rotatable bonds is 4. The van der Waals surface area contributed by atoms with Gasteiger partial charge in [-0.3, -0.25) is 0 Å². The zero-order chi connectivity index (χ0) is 17.1. The first kappa shape index (κ1) is 18.6. The predicted molar refractivity (Wildman–Crippen MR) is 70.3 cm³/mol. The van der Waals surface area contributed by atoms with Crippen LogP contribution in [0.15, 0.2) is 0 Å². The SMILES string of the molecule is CCC(C)(C)C1(F)CC(F)(F)C(F)(F)C1(F)C(C)(C)CC. The molecule has 0 spiro atoms. The first-order chi connectivity index (χ1) is 9.08. The summed E-state index contributed by atoms with van der Waals surface area (Å²) >= 11 is 0. The van der Waals surface area contributed by atoms with E-state index < -0.39 is 40.4 Å². The Labute approximate surface area is 122 Å². The third kappa shape index (κ3) is 1.89. The highest BCUT2D eigenvalue weighted by Gasteiger charge is 2.90. The molecule has 0 radical (unpaired) electrons. The molecule has 2 unspecified atom stereocenters. The molecule has 0 N–H and O–H groups in total. The predicted octanol–water partition coefficient (Wildman–Crippen LogP) is 5.95. The van der Waals surface area contributed by atoms with Crippen LogP contribution in [0.3, 0.4) is 0 Å². The van der Waals surface area contributed by atoms with Crippen LogP contribution in [0.1, 0.15) is 60.8 Å². The molecule has 1 saturated carbocycles. The molecule has 0 saturated heterocycles. The highest BCUT2D eigenvalue weighted by Crippen LogP contribution is 2.72. The molecule has 0 bridgehead atoms. The molecule has 1 fully saturated rings. The summed E-state index contributed by atoms with van der Waals surface area (Å²) in [6, 6.07) is 0. The first-order valence-electron chi connectivity index (χ1n) is 7.21. The molecule has 126 valence electrons. The van der Waals surface area contributed by atoms with Crippen molar-refractivity contribution in [2.24, 2.45) is 10.8 Å². The van der Waals surface area contributed by atoms with E-state index in [0.29, 0.717) is 0 Å². The van der Waals surface area contributed by atoms with Crippen molar-refractivity contribution >= 4 is 0 Å². The second kappa shape index (κ2) is 4.54. The molecule has 1 aliphatic rings. The number of alkyl halides is 6. The lowest BCUT2D eigenvalue weighted by atomic mass is 9.58. The maximum absolute atomic E-state index is 15.5. The summed E-state index contributed by atoms with van der Waals surface area (Å²) in [7, 11) is 0. The average Bonchev–Trinajstić information content (AvgIpc) is 2.46. The molecule has 1 rings (SSSR count). The quantitative estimate of drug-likeness (QED) is 0.562. The van der Waals surface area contributed by atoms with Gasteiger partial charge in [-0.05, 0) is 12.8 Å². The Hall–Kier alpha value is -0.420. The highest BCUT2D eigenvalue weighted by molar-refractivity contribution is 5.29. The van der Waals surface area contributed by atoms with Crippen LogP contribution in [0.2, 0.25) is 0 Å². The van der Waals surface area contributed by atoms with Gasteiger partial charge in [0.1, 0.15) is 0 Å². The number of halogens is 6. The Bertz CT molecular complexity index is 414. The minimum absolute atomic E-state index is 0.0267. The molecular weight excluding hydrogens is 294 g/mol. The normalized spacial score (nSPS) is 36.0. The van der Waals surface area contributed by atoms with Gasteiger partial charge in [-0.25, -0.2) is 8.78 Å². The lowest BCUT2D eigenvalue weighted by Gasteiger charge is -2.52. The molecule has 1 aliphatic carbocycles. The van der Waals surface area contributed by atoms with E-state index in [1.165, 1.54) is 27.7 Å². The van der Waals surface area contributed by atoms with Crippen LogP contribution in [0.25, 0.3) is 0 Å². The van der Waals surface area contributed by atoms with Crippen molar-refractivity contribution < 1.29 is 26.3 Å². The van der Waals surface area contributed by atoms with Gasteiger partial charge in [-0.1, -0.05) is 41.5 Å². The first-order valence-corrected chi connectivity index (χ1v) is 7.21. The van der Waals surface area contributed by atoms with Gasteiger partial charge in [0.2, 0.25) is 5.67 Å². The molecule has 21 heavy (non-hydrogen) atoms. The van der Waals surface area contributed by atoms with Gasteiger partial charge in [0.05, 0.1) is 6.42 Å². The maximum Gasteiger partial charge on any atom is 0.347 e. The van der Waals surface area contributed by atoms with Crippen molar-refractivity contribution in [2.45, 2.75) is 84.0 Å². The van der Waals surface area contributed by atoms with Gasteiger partial charge in [0.25, 0.3) is 0 Å². The molecule has 0 aliphatic heterocycles. The van der Waals surface area contributed by atoms with Crippen LogP contribution in [-0.2, 0) is 0 Å². The van der Waals surface area contributed by atoms with Crippen molar-refractivity contribution in [1.82, 2.24) is 0 Å². The van der Waals surface area contributed by atoms with Crippen LogP contribution in [0.4, 0.5) is 26.3 Å². The van der Waals surface area contributed by atoms with Crippen molar-refractivity contribution in [3.05, 3.63) is 0 Å². The van der Waals surface area contributed by atoms with E-state index in [4.69, 9.17) is 0 Å². The molecule has 0 heterocycles.